The second kappa shape index (κ2) is 5.58. The van der Waals surface area contributed by atoms with E-state index in [0.717, 1.165) is 19.4 Å². The van der Waals surface area contributed by atoms with Crippen LogP contribution in [-0.2, 0) is 10.5 Å². The summed E-state index contributed by atoms with van der Waals surface area (Å²) in [4.78, 5) is 13.0. The zero-order valence-electron chi connectivity index (χ0n) is 10.8. The van der Waals surface area contributed by atoms with Crippen molar-refractivity contribution in [1.82, 2.24) is 15.5 Å². The molecule has 6 nitrogen and oxygen atoms in total. The molecule has 118 valence electrons. The van der Waals surface area contributed by atoms with Crippen LogP contribution in [0.4, 0.5) is 17.6 Å². The first-order valence-electron chi connectivity index (χ1n) is 6.29. The van der Waals surface area contributed by atoms with Crippen LogP contribution in [0.1, 0.15) is 43.4 Å². The molecule has 2 aliphatic rings. The fourth-order valence-corrected chi connectivity index (χ4v) is 1.79. The Balaban J connectivity index is 0.000000199. The molecule has 2 fully saturated rings. The number of aromatic nitrogens is 2. The van der Waals surface area contributed by atoms with Gasteiger partial charge in [0.2, 0.25) is 0 Å². The first-order valence-corrected chi connectivity index (χ1v) is 6.29. The van der Waals surface area contributed by atoms with Crippen LogP contribution in [0.2, 0.25) is 0 Å². The summed E-state index contributed by atoms with van der Waals surface area (Å²) >= 11 is 0. The van der Waals surface area contributed by atoms with Crippen molar-refractivity contribution in [1.29, 1.82) is 0 Å². The summed E-state index contributed by atoms with van der Waals surface area (Å²) in [5.41, 5.74) is -1.30. The Bertz CT molecular complexity index is 507. The zero-order valence-corrected chi connectivity index (χ0v) is 10.8. The van der Waals surface area contributed by atoms with Gasteiger partial charge in [0.25, 0.3) is 5.89 Å². The largest absolute Gasteiger partial charge is 0.490 e. The van der Waals surface area contributed by atoms with E-state index in [0.29, 0.717) is 18.7 Å². The van der Waals surface area contributed by atoms with Crippen molar-refractivity contribution in [2.45, 2.75) is 43.6 Å². The van der Waals surface area contributed by atoms with Gasteiger partial charge >= 0.3 is 12.1 Å². The molecule has 0 aromatic carbocycles. The molecule has 2 N–H and O–H groups in total. The van der Waals surface area contributed by atoms with E-state index in [2.05, 4.69) is 15.5 Å². The molecular weight excluding hydrogens is 298 g/mol. The zero-order chi connectivity index (χ0) is 15.7. The first-order chi connectivity index (χ1) is 9.72. The van der Waals surface area contributed by atoms with Crippen LogP contribution < -0.4 is 5.32 Å². The number of aliphatic carboxylic acids is 1. The molecule has 1 saturated carbocycles. The third-order valence-corrected chi connectivity index (χ3v) is 3.13. The maximum Gasteiger partial charge on any atom is 0.490 e. The van der Waals surface area contributed by atoms with E-state index >= 15 is 0 Å². The molecule has 1 aromatic rings. The van der Waals surface area contributed by atoms with Crippen molar-refractivity contribution in [2.75, 3.05) is 6.54 Å². The second-order valence-corrected chi connectivity index (χ2v) is 4.87. The lowest BCUT2D eigenvalue weighted by Crippen LogP contribution is -2.21. The standard InChI is InChI=1S/C9H12FN3O.C2HF3O2/c10-9(3-4-9)8-12-7(13-14-8)6-2-1-5-11-6;3-2(4,5)1(6)7/h6,11H,1-5H2;(H,6,7)/t6-;/m0./s1. The van der Waals surface area contributed by atoms with E-state index in [-0.39, 0.29) is 11.9 Å². The van der Waals surface area contributed by atoms with Crippen LogP contribution in [0.15, 0.2) is 4.52 Å². The third-order valence-electron chi connectivity index (χ3n) is 3.13. The molecule has 1 aliphatic carbocycles. The van der Waals surface area contributed by atoms with Crippen molar-refractivity contribution < 1.29 is 32.0 Å². The summed E-state index contributed by atoms with van der Waals surface area (Å²) in [5.74, 6) is -1.98. The predicted molar refractivity (Wildman–Crippen MR) is 60.0 cm³/mol. The molecule has 0 unspecified atom stereocenters. The normalized spacial score (nSPS) is 23.3. The lowest BCUT2D eigenvalue weighted by Gasteiger charge is -2.01. The lowest BCUT2D eigenvalue weighted by molar-refractivity contribution is -0.192. The Labute approximate surface area is 116 Å². The van der Waals surface area contributed by atoms with Gasteiger partial charge in [-0.05, 0) is 32.2 Å². The summed E-state index contributed by atoms with van der Waals surface area (Å²) < 4.78 is 50.2. The number of nitrogens with one attached hydrogen (secondary N) is 1. The highest BCUT2D eigenvalue weighted by atomic mass is 19.4. The summed E-state index contributed by atoms with van der Waals surface area (Å²) in [5, 5.41) is 14.2. The Kier molecular flexibility index (Phi) is 4.17. The van der Waals surface area contributed by atoms with Gasteiger partial charge < -0.3 is 14.9 Å². The van der Waals surface area contributed by atoms with Gasteiger partial charge in [-0.2, -0.15) is 18.2 Å². The van der Waals surface area contributed by atoms with E-state index in [1.807, 2.05) is 0 Å². The number of hydrogen-bond acceptors (Lipinski definition) is 5. The van der Waals surface area contributed by atoms with Crippen LogP contribution in [0.5, 0.6) is 0 Å². The Morgan fingerprint density at radius 2 is 2.05 bits per heavy atom. The smallest absolute Gasteiger partial charge is 0.475 e. The van der Waals surface area contributed by atoms with Gasteiger partial charge in [-0.1, -0.05) is 5.16 Å². The van der Waals surface area contributed by atoms with E-state index in [1.165, 1.54) is 0 Å². The number of hydrogen-bond donors (Lipinski definition) is 2. The average Bonchev–Trinajstić information content (AvgIpc) is 2.91. The molecule has 1 saturated heterocycles. The van der Waals surface area contributed by atoms with E-state index in [1.54, 1.807) is 0 Å². The van der Waals surface area contributed by atoms with Gasteiger partial charge in [0.1, 0.15) is 0 Å². The van der Waals surface area contributed by atoms with Gasteiger partial charge in [0.15, 0.2) is 11.5 Å². The maximum atomic E-state index is 13.5. The van der Waals surface area contributed by atoms with Crippen LogP contribution in [0.25, 0.3) is 0 Å². The topological polar surface area (TPSA) is 88.3 Å². The van der Waals surface area contributed by atoms with Crippen LogP contribution in [-0.4, -0.2) is 33.9 Å². The molecule has 1 aliphatic heterocycles. The molecule has 10 heteroatoms. The Morgan fingerprint density at radius 3 is 2.48 bits per heavy atom. The predicted octanol–water partition coefficient (Wildman–Crippen LogP) is 2.09. The van der Waals surface area contributed by atoms with Crippen molar-refractivity contribution in [2.24, 2.45) is 0 Å². The minimum Gasteiger partial charge on any atom is -0.475 e. The molecule has 0 spiro atoms. The SMILES string of the molecule is FC1(c2nc([C@@H]3CCCN3)no2)CC1.O=C(O)C(F)(F)F. The highest BCUT2D eigenvalue weighted by Crippen LogP contribution is 2.48. The molecule has 0 amide bonds. The maximum absolute atomic E-state index is 13.5. The number of carboxylic acid groups (broad SMARTS) is 1. The average molecular weight is 311 g/mol. The van der Waals surface area contributed by atoms with Crippen molar-refractivity contribution in [3.05, 3.63) is 11.7 Å². The quantitative estimate of drug-likeness (QED) is 0.813. The number of rotatable bonds is 2. The fraction of sp³-hybridized carbons (Fsp3) is 0.727. The van der Waals surface area contributed by atoms with Crippen molar-refractivity contribution >= 4 is 5.97 Å². The van der Waals surface area contributed by atoms with Gasteiger partial charge in [-0.15, -0.1) is 0 Å². The highest BCUT2D eigenvalue weighted by Gasteiger charge is 2.50. The lowest BCUT2D eigenvalue weighted by atomic mass is 10.2. The van der Waals surface area contributed by atoms with Gasteiger partial charge in [0.05, 0.1) is 6.04 Å². The summed E-state index contributed by atoms with van der Waals surface area (Å²) in [6.45, 7) is 0.981. The number of nitrogens with zero attached hydrogens (tertiary/aromatic N) is 2. The Morgan fingerprint density at radius 1 is 1.43 bits per heavy atom. The molecule has 0 bridgehead atoms. The Hall–Kier alpha value is -1.71. The van der Waals surface area contributed by atoms with E-state index < -0.39 is 17.8 Å². The van der Waals surface area contributed by atoms with Crippen LogP contribution >= 0.6 is 0 Å². The minimum atomic E-state index is -5.08. The van der Waals surface area contributed by atoms with Crippen LogP contribution in [0, 0.1) is 0 Å². The van der Waals surface area contributed by atoms with Crippen molar-refractivity contribution in [3.63, 3.8) is 0 Å². The number of alkyl halides is 4. The monoisotopic (exact) mass is 311 g/mol. The molecule has 0 radical (unpaired) electrons. The molecule has 2 heterocycles. The molecular formula is C11H13F4N3O3. The number of halogens is 4. The summed E-state index contributed by atoms with van der Waals surface area (Å²) in [6.07, 6.45) is -1.91. The van der Waals surface area contributed by atoms with Crippen molar-refractivity contribution in [3.8, 4) is 0 Å². The summed E-state index contributed by atoms with van der Waals surface area (Å²) in [6, 6.07) is 0.162. The number of carboxylic acids is 1. The molecule has 21 heavy (non-hydrogen) atoms. The fourth-order valence-electron chi connectivity index (χ4n) is 1.79. The molecule has 1 aromatic heterocycles. The van der Waals surface area contributed by atoms with Gasteiger partial charge in [-0.3, -0.25) is 0 Å². The number of carbonyl (C=O) groups is 1. The van der Waals surface area contributed by atoms with Gasteiger partial charge in [0, 0.05) is 0 Å². The third kappa shape index (κ3) is 3.90. The van der Waals surface area contributed by atoms with E-state index in [4.69, 9.17) is 14.4 Å². The molecule has 3 rings (SSSR count). The van der Waals surface area contributed by atoms with Crippen LogP contribution in [0.3, 0.4) is 0 Å². The molecule has 1 atom stereocenters. The highest BCUT2D eigenvalue weighted by molar-refractivity contribution is 5.73. The summed E-state index contributed by atoms with van der Waals surface area (Å²) in [7, 11) is 0. The van der Waals surface area contributed by atoms with E-state index in [9.17, 15) is 17.6 Å². The minimum absolute atomic E-state index is 0.162. The van der Waals surface area contributed by atoms with Gasteiger partial charge in [-0.25, -0.2) is 9.18 Å². The second-order valence-electron chi connectivity index (χ2n) is 4.87. The first kappa shape index (κ1) is 15.7.